The third kappa shape index (κ3) is 2.52. The minimum atomic E-state index is 0.543. The summed E-state index contributed by atoms with van der Waals surface area (Å²) >= 11 is 0. The first kappa shape index (κ1) is 12.5. The number of rotatable bonds is 2. The molecule has 0 fully saturated rings. The van der Waals surface area contributed by atoms with Crippen LogP contribution in [0.4, 0.5) is 5.69 Å². The smallest absolute Gasteiger partial charge is 0.0374 e. The van der Waals surface area contributed by atoms with Crippen molar-refractivity contribution < 1.29 is 0 Å². The fourth-order valence-corrected chi connectivity index (χ4v) is 3.30. The molecule has 104 valence electrons. The predicted octanol–water partition coefficient (Wildman–Crippen LogP) is 4.81. The molecule has 0 aliphatic carbocycles. The number of hydrogen-bond donors (Lipinski definition) is 1. The van der Waals surface area contributed by atoms with Gasteiger partial charge >= 0.3 is 0 Å². The van der Waals surface area contributed by atoms with Gasteiger partial charge in [0.05, 0.1) is 0 Å². The lowest BCUT2D eigenvalue weighted by Crippen LogP contribution is -2.27. The first-order valence-corrected chi connectivity index (χ1v) is 7.71. The van der Waals surface area contributed by atoms with E-state index in [1.165, 1.54) is 40.4 Å². The molecule has 0 saturated heterocycles. The highest BCUT2D eigenvalue weighted by Crippen LogP contribution is 2.26. The molecular weight excluding hydrogens is 254 g/mol. The Balaban J connectivity index is 1.55. The largest absolute Gasteiger partial charge is 0.382 e. The van der Waals surface area contributed by atoms with E-state index in [-0.39, 0.29) is 0 Å². The van der Waals surface area contributed by atoms with Gasteiger partial charge in [0, 0.05) is 11.7 Å². The van der Waals surface area contributed by atoms with Gasteiger partial charge in [-0.25, -0.2) is 0 Å². The molecule has 3 aromatic carbocycles. The molecule has 1 aliphatic rings. The van der Waals surface area contributed by atoms with Gasteiger partial charge in [-0.05, 0) is 47.2 Å². The molecule has 0 saturated carbocycles. The molecule has 1 aliphatic heterocycles. The molecular formula is C20H19N. The van der Waals surface area contributed by atoms with Gasteiger partial charge in [0.15, 0.2) is 0 Å². The summed E-state index contributed by atoms with van der Waals surface area (Å²) in [4.78, 5) is 0. The van der Waals surface area contributed by atoms with Crippen molar-refractivity contribution in [1.82, 2.24) is 0 Å². The fraction of sp³-hybridized carbons (Fsp3) is 0.200. The lowest BCUT2D eigenvalue weighted by molar-refractivity contribution is 0.628. The number of fused-ring (bicyclic) bond motifs is 2. The minimum absolute atomic E-state index is 0.543. The number of anilines is 1. The van der Waals surface area contributed by atoms with Crippen LogP contribution < -0.4 is 5.32 Å². The zero-order chi connectivity index (χ0) is 14.1. The maximum atomic E-state index is 3.69. The van der Waals surface area contributed by atoms with Gasteiger partial charge in [0.2, 0.25) is 0 Å². The van der Waals surface area contributed by atoms with E-state index < -0.39 is 0 Å². The average molecular weight is 273 g/mol. The molecule has 4 rings (SSSR count). The van der Waals surface area contributed by atoms with Crippen LogP contribution in [-0.2, 0) is 12.8 Å². The van der Waals surface area contributed by atoms with E-state index in [9.17, 15) is 0 Å². The number of benzene rings is 3. The van der Waals surface area contributed by atoms with Gasteiger partial charge in [-0.15, -0.1) is 0 Å². The van der Waals surface area contributed by atoms with E-state index in [1.807, 2.05) is 0 Å². The molecule has 1 nitrogen and oxygen atoms in total. The predicted molar refractivity (Wildman–Crippen MR) is 89.8 cm³/mol. The molecule has 1 unspecified atom stereocenters. The monoisotopic (exact) mass is 273 g/mol. The highest BCUT2D eigenvalue weighted by molar-refractivity contribution is 5.83. The van der Waals surface area contributed by atoms with Gasteiger partial charge in [-0.1, -0.05) is 60.7 Å². The zero-order valence-electron chi connectivity index (χ0n) is 12.0. The topological polar surface area (TPSA) is 12.0 Å². The van der Waals surface area contributed by atoms with Crippen molar-refractivity contribution in [3.8, 4) is 0 Å². The molecule has 0 aromatic heterocycles. The summed E-state index contributed by atoms with van der Waals surface area (Å²) in [6, 6.07) is 24.6. The lowest BCUT2D eigenvalue weighted by atomic mass is 9.93. The van der Waals surface area contributed by atoms with Crippen LogP contribution in [0.25, 0.3) is 10.8 Å². The second-order valence-electron chi connectivity index (χ2n) is 5.92. The third-order valence-electron chi connectivity index (χ3n) is 4.44. The summed E-state index contributed by atoms with van der Waals surface area (Å²) in [6.07, 6.45) is 3.49. The van der Waals surface area contributed by atoms with Gasteiger partial charge in [-0.2, -0.15) is 0 Å². The second kappa shape index (κ2) is 5.25. The van der Waals surface area contributed by atoms with E-state index >= 15 is 0 Å². The zero-order valence-corrected chi connectivity index (χ0v) is 12.0. The SMILES string of the molecule is c1ccc2c(c1)CCC(Cc1ccc3ccccc3c1)N2. The van der Waals surface area contributed by atoms with Crippen LogP contribution in [0, 0.1) is 0 Å². The number of aryl methyl sites for hydroxylation is 1. The molecule has 1 heterocycles. The molecule has 21 heavy (non-hydrogen) atoms. The first-order chi connectivity index (χ1) is 10.4. The second-order valence-corrected chi connectivity index (χ2v) is 5.92. The summed E-state index contributed by atoms with van der Waals surface area (Å²) in [5, 5.41) is 6.35. The van der Waals surface area contributed by atoms with Crippen LogP contribution in [0.1, 0.15) is 17.5 Å². The summed E-state index contributed by atoms with van der Waals surface area (Å²) in [5.41, 5.74) is 4.19. The molecule has 0 amide bonds. The van der Waals surface area contributed by atoms with Crippen LogP contribution in [0.3, 0.4) is 0 Å². The quantitative estimate of drug-likeness (QED) is 0.706. The van der Waals surface area contributed by atoms with Crippen molar-refractivity contribution in [3.05, 3.63) is 77.9 Å². The Morgan fingerprint density at radius 2 is 1.67 bits per heavy atom. The van der Waals surface area contributed by atoms with E-state index in [2.05, 4.69) is 72.0 Å². The Morgan fingerprint density at radius 3 is 2.62 bits per heavy atom. The van der Waals surface area contributed by atoms with Crippen molar-refractivity contribution >= 4 is 16.5 Å². The minimum Gasteiger partial charge on any atom is -0.382 e. The molecule has 3 aromatic rings. The van der Waals surface area contributed by atoms with Crippen molar-refractivity contribution in [2.45, 2.75) is 25.3 Å². The van der Waals surface area contributed by atoms with Gasteiger partial charge in [0.1, 0.15) is 0 Å². The standard InChI is InChI=1S/C20H19N/c1-2-7-18-13-15(9-10-16(18)5-1)14-19-12-11-17-6-3-4-8-20(17)21-19/h1-10,13,19,21H,11-12,14H2. The molecule has 0 radical (unpaired) electrons. The summed E-state index contributed by atoms with van der Waals surface area (Å²) in [5.74, 6) is 0. The average Bonchev–Trinajstić information content (AvgIpc) is 2.55. The van der Waals surface area contributed by atoms with E-state index in [1.54, 1.807) is 0 Å². The van der Waals surface area contributed by atoms with Crippen LogP contribution >= 0.6 is 0 Å². The summed E-state index contributed by atoms with van der Waals surface area (Å²) < 4.78 is 0. The lowest BCUT2D eigenvalue weighted by Gasteiger charge is -2.27. The third-order valence-corrected chi connectivity index (χ3v) is 4.44. The van der Waals surface area contributed by atoms with Crippen molar-refractivity contribution in [2.24, 2.45) is 0 Å². The van der Waals surface area contributed by atoms with E-state index in [0.29, 0.717) is 6.04 Å². The Bertz CT molecular complexity index is 775. The maximum Gasteiger partial charge on any atom is 0.0374 e. The Labute approximate surface area is 125 Å². The molecule has 1 N–H and O–H groups in total. The van der Waals surface area contributed by atoms with E-state index in [0.717, 1.165) is 6.42 Å². The van der Waals surface area contributed by atoms with Gasteiger partial charge in [-0.3, -0.25) is 0 Å². The number of hydrogen-bond acceptors (Lipinski definition) is 1. The van der Waals surface area contributed by atoms with Crippen LogP contribution in [0.2, 0.25) is 0 Å². The Hall–Kier alpha value is -2.28. The van der Waals surface area contributed by atoms with Gasteiger partial charge < -0.3 is 5.32 Å². The Kier molecular flexibility index (Phi) is 3.11. The molecule has 0 bridgehead atoms. The van der Waals surface area contributed by atoms with Crippen LogP contribution in [0.15, 0.2) is 66.7 Å². The van der Waals surface area contributed by atoms with Crippen molar-refractivity contribution in [3.63, 3.8) is 0 Å². The van der Waals surface area contributed by atoms with Crippen molar-refractivity contribution in [1.29, 1.82) is 0 Å². The fourth-order valence-electron chi connectivity index (χ4n) is 3.30. The molecule has 1 heteroatoms. The van der Waals surface area contributed by atoms with Gasteiger partial charge in [0.25, 0.3) is 0 Å². The maximum absolute atomic E-state index is 3.69. The number of nitrogens with one attached hydrogen (secondary N) is 1. The highest BCUT2D eigenvalue weighted by atomic mass is 14.9. The number of para-hydroxylation sites is 1. The van der Waals surface area contributed by atoms with Crippen LogP contribution in [0.5, 0.6) is 0 Å². The summed E-state index contributed by atoms with van der Waals surface area (Å²) in [6.45, 7) is 0. The van der Waals surface area contributed by atoms with Crippen molar-refractivity contribution in [2.75, 3.05) is 5.32 Å². The molecule has 0 spiro atoms. The first-order valence-electron chi connectivity index (χ1n) is 7.71. The highest BCUT2D eigenvalue weighted by Gasteiger charge is 2.17. The van der Waals surface area contributed by atoms with Crippen LogP contribution in [-0.4, -0.2) is 6.04 Å². The normalized spacial score (nSPS) is 17.2. The van der Waals surface area contributed by atoms with E-state index in [4.69, 9.17) is 0 Å². The Morgan fingerprint density at radius 1 is 0.857 bits per heavy atom. The molecule has 1 atom stereocenters. The summed E-state index contributed by atoms with van der Waals surface area (Å²) in [7, 11) is 0.